The maximum Gasteiger partial charge on any atom is 0.573 e. The monoisotopic (exact) mass is 265 g/mol. The normalized spacial score (nSPS) is 11.0. The molecule has 0 amide bonds. The van der Waals surface area contributed by atoms with Gasteiger partial charge in [-0.05, 0) is 6.92 Å². The largest absolute Gasteiger partial charge is 0.573 e. The van der Waals surface area contributed by atoms with Crippen molar-refractivity contribution in [1.29, 1.82) is 0 Å². The van der Waals surface area contributed by atoms with E-state index in [-0.39, 0.29) is 17.1 Å². The van der Waals surface area contributed by atoms with Gasteiger partial charge in [-0.15, -0.1) is 13.2 Å². The first-order valence-corrected chi connectivity index (χ1v) is 4.68. The van der Waals surface area contributed by atoms with Crippen LogP contribution in [0.25, 0.3) is 0 Å². The van der Waals surface area contributed by atoms with Gasteiger partial charge in [-0.1, -0.05) is 0 Å². The Morgan fingerprint density at radius 2 is 1.94 bits per heavy atom. The number of esters is 1. The molecule has 0 saturated carbocycles. The summed E-state index contributed by atoms with van der Waals surface area (Å²) in [5.74, 6) is -1.70. The van der Waals surface area contributed by atoms with Gasteiger partial charge in [0, 0.05) is 6.07 Å². The lowest BCUT2D eigenvalue weighted by atomic mass is 10.2. The zero-order valence-electron chi connectivity index (χ0n) is 9.79. The minimum absolute atomic E-state index is 0.0830. The Bertz CT molecular complexity index is 459. The summed E-state index contributed by atoms with van der Waals surface area (Å²) in [5.41, 5.74) is -0.213. The number of pyridine rings is 1. The number of hydrogen-bond donors (Lipinski definition) is 0. The number of methoxy groups -OCH3 is 2. The summed E-state index contributed by atoms with van der Waals surface area (Å²) < 4.78 is 49.5. The number of nitrogens with zero attached hydrogens (tertiary/aromatic N) is 1. The molecule has 8 heteroatoms. The van der Waals surface area contributed by atoms with Crippen molar-refractivity contribution in [3.63, 3.8) is 0 Å². The second-order valence-corrected chi connectivity index (χ2v) is 3.16. The van der Waals surface area contributed by atoms with Crippen LogP contribution in [0.1, 0.15) is 16.2 Å². The van der Waals surface area contributed by atoms with Crippen molar-refractivity contribution >= 4 is 5.97 Å². The van der Waals surface area contributed by atoms with E-state index in [9.17, 15) is 18.0 Å². The highest BCUT2D eigenvalue weighted by Crippen LogP contribution is 2.34. The topological polar surface area (TPSA) is 57.7 Å². The highest BCUT2D eigenvalue weighted by Gasteiger charge is 2.33. The summed E-state index contributed by atoms with van der Waals surface area (Å²) in [6, 6.07) is 0.811. The molecule has 0 aromatic carbocycles. The third-order valence-electron chi connectivity index (χ3n) is 1.93. The zero-order chi connectivity index (χ0) is 13.9. The lowest BCUT2D eigenvalue weighted by Gasteiger charge is -2.14. The minimum Gasteiger partial charge on any atom is -0.491 e. The maximum absolute atomic E-state index is 12.2. The van der Waals surface area contributed by atoms with Crippen LogP contribution >= 0.6 is 0 Å². The molecule has 0 aliphatic heterocycles. The van der Waals surface area contributed by atoms with Gasteiger partial charge in [0.2, 0.25) is 0 Å². The quantitative estimate of drug-likeness (QED) is 0.783. The fourth-order valence-corrected chi connectivity index (χ4v) is 1.29. The highest BCUT2D eigenvalue weighted by atomic mass is 19.4. The van der Waals surface area contributed by atoms with Crippen LogP contribution in [-0.2, 0) is 4.74 Å². The Balaban J connectivity index is 3.28. The molecule has 1 aromatic rings. The Kier molecular flexibility index (Phi) is 4.00. The summed E-state index contributed by atoms with van der Waals surface area (Å²) in [5, 5.41) is 0. The number of carbonyl (C=O) groups is 1. The molecular weight excluding hydrogens is 255 g/mol. The zero-order valence-corrected chi connectivity index (χ0v) is 9.79. The molecule has 5 nitrogen and oxygen atoms in total. The van der Waals surface area contributed by atoms with Crippen molar-refractivity contribution in [1.82, 2.24) is 4.98 Å². The number of aryl methyl sites for hydroxylation is 1. The van der Waals surface area contributed by atoms with Crippen LogP contribution in [0.15, 0.2) is 6.07 Å². The number of alkyl halides is 3. The van der Waals surface area contributed by atoms with E-state index in [1.807, 2.05) is 0 Å². The SMILES string of the molecule is COC(=O)c1cc(OC(F)(F)F)c(OC)c(C)n1. The molecule has 1 aromatic heterocycles. The standard InChI is InChI=1S/C10H10F3NO4/c1-5-8(16-2)7(18-10(11,12)13)4-6(14-5)9(15)17-3/h4H,1-3H3. The molecule has 0 saturated heterocycles. The summed E-state index contributed by atoms with van der Waals surface area (Å²) in [6.07, 6.45) is -4.89. The van der Waals surface area contributed by atoms with E-state index >= 15 is 0 Å². The first-order chi connectivity index (χ1) is 8.28. The molecule has 0 aliphatic carbocycles. The van der Waals surface area contributed by atoms with Crippen LogP contribution in [0.2, 0.25) is 0 Å². The third-order valence-corrected chi connectivity index (χ3v) is 1.93. The molecule has 1 heterocycles. The molecule has 0 bridgehead atoms. The van der Waals surface area contributed by atoms with E-state index < -0.39 is 18.1 Å². The number of aromatic nitrogens is 1. The number of ether oxygens (including phenoxy) is 3. The van der Waals surface area contributed by atoms with Crippen molar-refractivity contribution in [2.45, 2.75) is 13.3 Å². The van der Waals surface area contributed by atoms with Crippen LogP contribution in [0.5, 0.6) is 11.5 Å². The summed E-state index contributed by atoms with van der Waals surface area (Å²) in [6.45, 7) is 1.38. The highest BCUT2D eigenvalue weighted by molar-refractivity contribution is 5.88. The fraction of sp³-hybridized carbons (Fsp3) is 0.400. The number of hydrogen-bond acceptors (Lipinski definition) is 5. The van der Waals surface area contributed by atoms with Crippen molar-refractivity contribution < 1.29 is 32.2 Å². The average Bonchev–Trinajstić information content (AvgIpc) is 2.25. The fourth-order valence-electron chi connectivity index (χ4n) is 1.29. The molecule has 0 unspecified atom stereocenters. The first kappa shape index (κ1) is 14.1. The van der Waals surface area contributed by atoms with Crippen LogP contribution in [0, 0.1) is 6.92 Å². The number of rotatable bonds is 3. The molecule has 0 spiro atoms. The minimum atomic E-state index is -4.89. The lowest BCUT2D eigenvalue weighted by Crippen LogP contribution is -2.19. The van der Waals surface area contributed by atoms with Gasteiger partial charge >= 0.3 is 12.3 Å². The van der Waals surface area contributed by atoms with Crippen LogP contribution in [0.3, 0.4) is 0 Å². The molecule has 1 rings (SSSR count). The van der Waals surface area contributed by atoms with Gasteiger partial charge in [0.15, 0.2) is 17.2 Å². The van der Waals surface area contributed by atoms with Gasteiger partial charge in [0.1, 0.15) is 0 Å². The van der Waals surface area contributed by atoms with E-state index in [1.165, 1.54) is 14.0 Å². The van der Waals surface area contributed by atoms with E-state index in [2.05, 4.69) is 14.5 Å². The second kappa shape index (κ2) is 5.11. The maximum atomic E-state index is 12.2. The van der Waals surface area contributed by atoms with E-state index in [0.717, 1.165) is 13.2 Å². The van der Waals surface area contributed by atoms with Crippen LogP contribution in [-0.4, -0.2) is 31.5 Å². The number of halogens is 3. The molecule has 0 atom stereocenters. The Hall–Kier alpha value is -1.99. The van der Waals surface area contributed by atoms with E-state index in [0.29, 0.717) is 0 Å². The Morgan fingerprint density at radius 1 is 1.33 bits per heavy atom. The van der Waals surface area contributed by atoms with Crippen molar-refractivity contribution in [2.75, 3.05) is 14.2 Å². The predicted octanol–water partition coefficient (Wildman–Crippen LogP) is 2.08. The van der Waals surface area contributed by atoms with Gasteiger partial charge in [0.05, 0.1) is 19.9 Å². The van der Waals surface area contributed by atoms with Crippen molar-refractivity contribution in [3.05, 3.63) is 17.5 Å². The second-order valence-electron chi connectivity index (χ2n) is 3.16. The first-order valence-electron chi connectivity index (χ1n) is 4.68. The van der Waals surface area contributed by atoms with E-state index in [1.54, 1.807) is 0 Å². The molecule has 0 fully saturated rings. The summed E-state index contributed by atoms with van der Waals surface area (Å²) in [7, 11) is 2.26. The van der Waals surface area contributed by atoms with Gasteiger partial charge < -0.3 is 14.2 Å². The van der Waals surface area contributed by atoms with Gasteiger partial charge in [0.25, 0.3) is 0 Å². The predicted molar refractivity (Wildman–Crippen MR) is 53.5 cm³/mol. The van der Waals surface area contributed by atoms with Crippen LogP contribution < -0.4 is 9.47 Å². The molecule has 0 N–H and O–H groups in total. The molecule has 0 aliphatic rings. The summed E-state index contributed by atoms with van der Waals surface area (Å²) >= 11 is 0. The molecular formula is C10H10F3NO4. The van der Waals surface area contributed by atoms with Gasteiger partial charge in [-0.3, -0.25) is 0 Å². The average molecular weight is 265 g/mol. The number of carbonyl (C=O) groups excluding carboxylic acids is 1. The van der Waals surface area contributed by atoms with Crippen molar-refractivity contribution in [2.24, 2.45) is 0 Å². The third kappa shape index (κ3) is 3.25. The van der Waals surface area contributed by atoms with Crippen LogP contribution in [0.4, 0.5) is 13.2 Å². The summed E-state index contributed by atoms with van der Waals surface area (Å²) in [4.78, 5) is 15.0. The Labute approximate surface area is 100 Å². The smallest absolute Gasteiger partial charge is 0.491 e. The van der Waals surface area contributed by atoms with Crippen molar-refractivity contribution in [3.8, 4) is 11.5 Å². The van der Waals surface area contributed by atoms with Gasteiger partial charge in [-0.25, -0.2) is 9.78 Å². The molecule has 0 radical (unpaired) electrons. The lowest BCUT2D eigenvalue weighted by molar-refractivity contribution is -0.275. The molecule has 18 heavy (non-hydrogen) atoms. The van der Waals surface area contributed by atoms with Gasteiger partial charge in [-0.2, -0.15) is 0 Å². The molecule has 100 valence electrons. The van der Waals surface area contributed by atoms with E-state index in [4.69, 9.17) is 4.74 Å². The Morgan fingerprint density at radius 3 is 2.39 bits per heavy atom.